The second-order valence-corrected chi connectivity index (χ2v) is 5.00. The molecule has 0 unspecified atom stereocenters. The lowest BCUT2D eigenvalue weighted by Crippen LogP contribution is -2.32. The fraction of sp³-hybridized carbons (Fsp3) is 0.571. The molecule has 0 spiro atoms. The Morgan fingerprint density at radius 3 is 2.28 bits per heavy atom. The van der Waals surface area contributed by atoms with Crippen LogP contribution in [-0.2, 0) is 0 Å². The van der Waals surface area contributed by atoms with Crippen LogP contribution < -0.4 is 14.8 Å². The lowest BCUT2D eigenvalue weighted by molar-refractivity contribution is 0.260. The average Bonchev–Trinajstić information content (AvgIpc) is 2.30. The van der Waals surface area contributed by atoms with Crippen LogP contribution >= 0.6 is 0 Å². The van der Waals surface area contributed by atoms with Crippen molar-refractivity contribution in [1.82, 2.24) is 0 Å². The summed E-state index contributed by atoms with van der Waals surface area (Å²) in [4.78, 5) is 0. The minimum absolute atomic E-state index is 0.144. The Bertz CT molecular complexity index is 402. The van der Waals surface area contributed by atoms with Crippen LogP contribution in [0.25, 0.3) is 0 Å². The number of aliphatic hydroxyl groups excluding tert-OH is 1. The SMILES string of the molecule is COc1cc(NC(C)(C)CCO)c(OC)cc1C. The fourth-order valence-electron chi connectivity index (χ4n) is 1.85. The van der Waals surface area contributed by atoms with E-state index < -0.39 is 0 Å². The highest BCUT2D eigenvalue weighted by Crippen LogP contribution is 2.34. The zero-order valence-corrected chi connectivity index (χ0v) is 11.8. The monoisotopic (exact) mass is 253 g/mol. The van der Waals surface area contributed by atoms with Crippen LogP contribution in [0.4, 0.5) is 5.69 Å². The molecule has 0 aromatic heterocycles. The van der Waals surface area contributed by atoms with Crippen LogP contribution in [0.1, 0.15) is 25.8 Å². The first kappa shape index (κ1) is 14.6. The molecule has 0 fully saturated rings. The van der Waals surface area contributed by atoms with Gasteiger partial charge < -0.3 is 19.9 Å². The molecular formula is C14H23NO3. The molecule has 4 heteroatoms. The number of methoxy groups -OCH3 is 2. The zero-order chi connectivity index (χ0) is 13.8. The van der Waals surface area contributed by atoms with Crippen molar-refractivity contribution in [3.63, 3.8) is 0 Å². The van der Waals surface area contributed by atoms with Gasteiger partial charge in [-0.1, -0.05) is 0 Å². The molecule has 0 radical (unpaired) electrons. The topological polar surface area (TPSA) is 50.7 Å². The summed E-state index contributed by atoms with van der Waals surface area (Å²) >= 11 is 0. The normalized spacial score (nSPS) is 11.2. The van der Waals surface area contributed by atoms with E-state index in [1.54, 1.807) is 14.2 Å². The van der Waals surface area contributed by atoms with E-state index >= 15 is 0 Å². The van der Waals surface area contributed by atoms with Gasteiger partial charge in [0, 0.05) is 18.2 Å². The van der Waals surface area contributed by atoms with E-state index in [-0.39, 0.29) is 12.1 Å². The summed E-state index contributed by atoms with van der Waals surface area (Å²) in [5.74, 6) is 1.59. The number of aryl methyl sites for hydroxylation is 1. The first-order valence-electron chi connectivity index (χ1n) is 6.05. The number of nitrogens with one attached hydrogen (secondary N) is 1. The number of aliphatic hydroxyl groups is 1. The van der Waals surface area contributed by atoms with E-state index in [0.29, 0.717) is 6.42 Å². The first-order chi connectivity index (χ1) is 8.43. The number of hydrogen-bond donors (Lipinski definition) is 2. The molecule has 0 saturated heterocycles. The highest BCUT2D eigenvalue weighted by molar-refractivity contribution is 5.63. The Balaban J connectivity index is 3.06. The van der Waals surface area contributed by atoms with Crippen molar-refractivity contribution in [2.45, 2.75) is 32.7 Å². The maximum atomic E-state index is 9.06. The minimum Gasteiger partial charge on any atom is -0.496 e. The highest BCUT2D eigenvalue weighted by Gasteiger charge is 2.19. The van der Waals surface area contributed by atoms with Gasteiger partial charge in [0.05, 0.1) is 19.9 Å². The van der Waals surface area contributed by atoms with Crippen LogP contribution in [0.2, 0.25) is 0 Å². The second kappa shape index (κ2) is 5.96. The van der Waals surface area contributed by atoms with Gasteiger partial charge in [0.25, 0.3) is 0 Å². The summed E-state index contributed by atoms with van der Waals surface area (Å²) in [5.41, 5.74) is 1.70. The van der Waals surface area contributed by atoms with E-state index in [1.165, 1.54) is 0 Å². The number of rotatable bonds is 6. The molecule has 0 atom stereocenters. The van der Waals surface area contributed by atoms with Crippen LogP contribution in [0, 0.1) is 6.92 Å². The van der Waals surface area contributed by atoms with Gasteiger partial charge in [-0.15, -0.1) is 0 Å². The predicted molar refractivity (Wildman–Crippen MR) is 73.7 cm³/mol. The minimum atomic E-state index is -0.206. The van der Waals surface area contributed by atoms with Crippen molar-refractivity contribution in [3.05, 3.63) is 17.7 Å². The predicted octanol–water partition coefficient (Wildman–Crippen LogP) is 2.59. The summed E-state index contributed by atoms with van der Waals surface area (Å²) < 4.78 is 10.7. The Morgan fingerprint density at radius 2 is 1.78 bits per heavy atom. The van der Waals surface area contributed by atoms with Crippen molar-refractivity contribution in [2.75, 3.05) is 26.1 Å². The van der Waals surface area contributed by atoms with Gasteiger partial charge in [0.15, 0.2) is 0 Å². The molecule has 1 aromatic rings. The molecule has 0 aliphatic rings. The quantitative estimate of drug-likeness (QED) is 0.818. The third-order valence-electron chi connectivity index (χ3n) is 2.93. The van der Waals surface area contributed by atoms with Gasteiger partial charge in [-0.25, -0.2) is 0 Å². The van der Waals surface area contributed by atoms with Gasteiger partial charge in [-0.05, 0) is 38.8 Å². The maximum absolute atomic E-state index is 9.06. The molecule has 0 amide bonds. The summed E-state index contributed by atoms with van der Waals surface area (Å²) in [6, 6.07) is 3.86. The zero-order valence-electron chi connectivity index (χ0n) is 11.8. The van der Waals surface area contributed by atoms with Crippen molar-refractivity contribution in [1.29, 1.82) is 0 Å². The Labute approximate surface area is 109 Å². The molecule has 1 rings (SSSR count). The molecule has 1 aromatic carbocycles. The van der Waals surface area contributed by atoms with Gasteiger partial charge in [0.1, 0.15) is 11.5 Å². The van der Waals surface area contributed by atoms with Gasteiger partial charge in [0.2, 0.25) is 0 Å². The van der Waals surface area contributed by atoms with E-state index in [2.05, 4.69) is 5.32 Å². The molecule has 4 nitrogen and oxygen atoms in total. The molecular weight excluding hydrogens is 230 g/mol. The van der Waals surface area contributed by atoms with E-state index in [1.807, 2.05) is 32.9 Å². The lowest BCUT2D eigenvalue weighted by Gasteiger charge is -2.28. The van der Waals surface area contributed by atoms with Gasteiger partial charge in [-0.3, -0.25) is 0 Å². The van der Waals surface area contributed by atoms with Crippen molar-refractivity contribution >= 4 is 5.69 Å². The number of ether oxygens (including phenoxy) is 2. The first-order valence-corrected chi connectivity index (χ1v) is 6.05. The van der Waals surface area contributed by atoms with E-state index in [0.717, 1.165) is 22.7 Å². The molecule has 0 aliphatic heterocycles. The molecule has 2 N–H and O–H groups in total. The molecule has 0 aliphatic carbocycles. The Morgan fingerprint density at radius 1 is 1.17 bits per heavy atom. The third-order valence-corrected chi connectivity index (χ3v) is 2.93. The van der Waals surface area contributed by atoms with E-state index in [9.17, 15) is 0 Å². The molecule has 102 valence electrons. The summed E-state index contributed by atoms with van der Waals surface area (Å²) in [7, 11) is 3.29. The van der Waals surface area contributed by atoms with Crippen molar-refractivity contribution in [2.24, 2.45) is 0 Å². The average molecular weight is 253 g/mol. The summed E-state index contributed by atoms with van der Waals surface area (Å²) in [6.07, 6.45) is 0.659. The van der Waals surface area contributed by atoms with Gasteiger partial charge in [-0.2, -0.15) is 0 Å². The van der Waals surface area contributed by atoms with Crippen molar-refractivity contribution in [3.8, 4) is 11.5 Å². The largest absolute Gasteiger partial charge is 0.496 e. The number of hydrogen-bond acceptors (Lipinski definition) is 4. The number of benzene rings is 1. The highest BCUT2D eigenvalue weighted by atomic mass is 16.5. The summed E-state index contributed by atoms with van der Waals surface area (Å²) in [6.45, 7) is 6.19. The maximum Gasteiger partial charge on any atom is 0.142 e. The Hall–Kier alpha value is -1.42. The standard InChI is InChI=1S/C14H23NO3/c1-10-8-13(18-5)11(9-12(10)17-4)15-14(2,3)6-7-16/h8-9,15-16H,6-7H2,1-5H3. The fourth-order valence-corrected chi connectivity index (χ4v) is 1.85. The number of anilines is 1. The van der Waals surface area contributed by atoms with Crippen LogP contribution in [-0.4, -0.2) is 31.5 Å². The molecule has 0 saturated carbocycles. The summed E-state index contributed by atoms with van der Waals surface area (Å²) in [5, 5.41) is 12.4. The second-order valence-electron chi connectivity index (χ2n) is 5.00. The smallest absolute Gasteiger partial charge is 0.142 e. The molecule has 18 heavy (non-hydrogen) atoms. The molecule has 0 bridgehead atoms. The van der Waals surface area contributed by atoms with Gasteiger partial charge >= 0.3 is 0 Å². The lowest BCUT2D eigenvalue weighted by atomic mass is 10.0. The Kier molecular flexibility index (Phi) is 4.84. The van der Waals surface area contributed by atoms with Crippen LogP contribution in [0.15, 0.2) is 12.1 Å². The van der Waals surface area contributed by atoms with E-state index in [4.69, 9.17) is 14.6 Å². The van der Waals surface area contributed by atoms with Crippen LogP contribution in [0.5, 0.6) is 11.5 Å². The van der Waals surface area contributed by atoms with Crippen LogP contribution in [0.3, 0.4) is 0 Å². The third kappa shape index (κ3) is 3.53. The van der Waals surface area contributed by atoms with Crippen molar-refractivity contribution < 1.29 is 14.6 Å². The molecule has 0 heterocycles.